The number of carbonyl (C=O) groups excluding carboxylic acids is 1. The third-order valence-corrected chi connectivity index (χ3v) is 4.50. The third-order valence-electron chi connectivity index (χ3n) is 4.50. The molecule has 4 nitrogen and oxygen atoms in total. The number of aliphatic hydroxyl groups excluding tert-OH is 1. The molecule has 0 aromatic rings. The molecule has 27 heavy (non-hydrogen) atoms. The van der Waals surface area contributed by atoms with Crippen molar-refractivity contribution in [1.82, 2.24) is 4.90 Å². The molecule has 0 radical (unpaired) electrons. The number of nitrogens with zero attached hydrogens (tertiary/aromatic N) is 2. The van der Waals surface area contributed by atoms with Gasteiger partial charge in [0.25, 0.3) is 5.91 Å². The van der Waals surface area contributed by atoms with Gasteiger partial charge in [0, 0.05) is 18.7 Å². The lowest BCUT2D eigenvalue weighted by Crippen LogP contribution is -2.31. The summed E-state index contributed by atoms with van der Waals surface area (Å²) >= 11 is 0. The highest BCUT2D eigenvalue weighted by Gasteiger charge is 2.28. The highest BCUT2D eigenvalue weighted by Crippen LogP contribution is 2.26. The van der Waals surface area contributed by atoms with Crippen LogP contribution in [0.5, 0.6) is 0 Å². The van der Waals surface area contributed by atoms with Gasteiger partial charge in [0.1, 0.15) is 17.6 Å². The van der Waals surface area contributed by atoms with Crippen LogP contribution in [0.25, 0.3) is 0 Å². The van der Waals surface area contributed by atoms with Crippen molar-refractivity contribution in [1.29, 1.82) is 0 Å². The average Bonchev–Trinajstić information content (AvgIpc) is 2.91. The zero-order valence-electron chi connectivity index (χ0n) is 16.0. The van der Waals surface area contributed by atoms with Crippen molar-refractivity contribution >= 4 is 12.6 Å². The highest BCUT2D eigenvalue weighted by atomic mass is 19.1. The van der Waals surface area contributed by atoms with Crippen molar-refractivity contribution < 1.29 is 14.3 Å². The van der Waals surface area contributed by atoms with Crippen molar-refractivity contribution in [3.63, 3.8) is 0 Å². The van der Waals surface area contributed by atoms with E-state index in [1.165, 1.54) is 6.08 Å². The molecule has 1 heterocycles. The Balaban J connectivity index is 2.29. The Morgan fingerprint density at radius 3 is 2.85 bits per heavy atom. The molecule has 0 saturated carbocycles. The first-order chi connectivity index (χ1) is 13.0. The topological polar surface area (TPSA) is 52.9 Å². The molecule has 2 rings (SSSR count). The summed E-state index contributed by atoms with van der Waals surface area (Å²) in [4.78, 5) is 18.5. The monoisotopic (exact) mass is 370 g/mol. The van der Waals surface area contributed by atoms with E-state index in [1.54, 1.807) is 23.1 Å². The minimum atomic E-state index is -0.639. The summed E-state index contributed by atoms with van der Waals surface area (Å²) in [6.07, 6.45) is 14.6. The van der Waals surface area contributed by atoms with Crippen LogP contribution in [0.1, 0.15) is 39.5 Å². The quantitative estimate of drug-likeness (QED) is 0.634. The van der Waals surface area contributed by atoms with Crippen molar-refractivity contribution in [2.24, 2.45) is 4.99 Å². The maximum atomic E-state index is 13.3. The van der Waals surface area contributed by atoms with Gasteiger partial charge in [-0.3, -0.25) is 9.79 Å². The Labute approximate surface area is 160 Å². The second kappa shape index (κ2) is 9.86. The Kier molecular flexibility index (Phi) is 7.53. The lowest BCUT2D eigenvalue weighted by Gasteiger charge is -2.23. The van der Waals surface area contributed by atoms with Gasteiger partial charge in [-0.1, -0.05) is 38.2 Å². The first-order valence-electron chi connectivity index (χ1n) is 9.31. The molecule has 144 valence electrons. The van der Waals surface area contributed by atoms with E-state index < -0.39 is 6.04 Å². The summed E-state index contributed by atoms with van der Waals surface area (Å²) in [6, 6.07) is -0.639. The molecule has 0 bridgehead atoms. The van der Waals surface area contributed by atoms with Crippen LogP contribution < -0.4 is 0 Å². The van der Waals surface area contributed by atoms with Crippen molar-refractivity contribution in [2.45, 2.75) is 45.6 Å². The fraction of sp³-hybridized carbons (Fsp3) is 0.364. The van der Waals surface area contributed by atoms with Crippen molar-refractivity contribution in [2.75, 3.05) is 6.54 Å². The predicted octanol–water partition coefficient (Wildman–Crippen LogP) is 5.10. The maximum Gasteiger partial charge on any atom is 0.257 e. The number of hydrogen-bond acceptors (Lipinski definition) is 3. The molecule has 1 aliphatic carbocycles. The first kappa shape index (κ1) is 20.6. The number of amides is 1. The normalized spacial score (nSPS) is 21.0. The molecule has 1 atom stereocenters. The number of carbonyl (C=O) groups is 1. The molecule has 0 aromatic carbocycles. The average molecular weight is 370 g/mol. The molecule has 1 amide bonds. The molecule has 1 aliphatic heterocycles. The molecule has 5 heteroatoms. The van der Waals surface area contributed by atoms with Crippen LogP contribution >= 0.6 is 0 Å². The summed E-state index contributed by atoms with van der Waals surface area (Å²) < 4.78 is 13.3. The third kappa shape index (κ3) is 5.16. The molecule has 2 aliphatic rings. The van der Waals surface area contributed by atoms with E-state index in [9.17, 15) is 14.3 Å². The van der Waals surface area contributed by atoms with Gasteiger partial charge in [-0.05, 0) is 49.8 Å². The molecule has 0 spiro atoms. The van der Waals surface area contributed by atoms with Gasteiger partial charge in [0.05, 0.1) is 5.57 Å². The van der Waals surface area contributed by atoms with E-state index in [2.05, 4.69) is 11.7 Å². The zero-order valence-corrected chi connectivity index (χ0v) is 16.0. The van der Waals surface area contributed by atoms with Gasteiger partial charge in [-0.2, -0.15) is 0 Å². The molecular formula is C22H27FN2O2. The Bertz CT molecular complexity index is 769. The largest absolute Gasteiger partial charge is 0.509 e. The summed E-state index contributed by atoms with van der Waals surface area (Å²) in [7, 11) is 0. The lowest BCUT2D eigenvalue weighted by atomic mass is 10.1. The van der Waals surface area contributed by atoms with Crippen LogP contribution in [0.3, 0.4) is 0 Å². The van der Waals surface area contributed by atoms with Gasteiger partial charge in [0.2, 0.25) is 0 Å². The molecular weight excluding hydrogens is 343 g/mol. The number of rotatable bonds is 7. The predicted molar refractivity (Wildman–Crippen MR) is 108 cm³/mol. The zero-order chi connectivity index (χ0) is 19.8. The smallest absolute Gasteiger partial charge is 0.257 e. The Morgan fingerprint density at radius 1 is 1.41 bits per heavy atom. The van der Waals surface area contributed by atoms with Gasteiger partial charge in [-0.25, -0.2) is 4.39 Å². The highest BCUT2D eigenvalue weighted by molar-refractivity contribution is 5.96. The number of aliphatic hydroxyl groups is 1. The lowest BCUT2D eigenvalue weighted by molar-refractivity contribution is -0.125. The Morgan fingerprint density at radius 2 is 2.19 bits per heavy atom. The molecule has 0 aromatic heterocycles. The van der Waals surface area contributed by atoms with Gasteiger partial charge in [-0.15, -0.1) is 0 Å². The maximum absolute atomic E-state index is 13.3. The van der Waals surface area contributed by atoms with Crippen LogP contribution in [0, 0.1) is 0 Å². The van der Waals surface area contributed by atoms with Gasteiger partial charge >= 0.3 is 0 Å². The second-order valence-electron chi connectivity index (χ2n) is 6.46. The van der Waals surface area contributed by atoms with Crippen LogP contribution in [0.2, 0.25) is 0 Å². The van der Waals surface area contributed by atoms with E-state index in [4.69, 9.17) is 0 Å². The standard InChI is InChI=1S/C22H27FN2O2/c1-4-14-25-18(11-7-9-16-8-6-10-17(23)13-12-16)15-20(24-3)21(26)19(5-2)22(25)27/h6-8,11-13,15,20,26H,3-5,9-10,14H2,1-2H3/b11-7+. The SMILES string of the molecule is C=NC1C=C(/C=C/CC2=CC=C(F)CC=C2)N(CCC)C(=O)C(CC)=C1O. The van der Waals surface area contributed by atoms with Gasteiger partial charge in [0.15, 0.2) is 0 Å². The van der Waals surface area contributed by atoms with E-state index in [0.717, 1.165) is 12.0 Å². The minimum Gasteiger partial charge on any atom is -0.509 e. The summed E-state index contributed by atoms with van der Waals surface area (Å²) in [5.41, 5.74) is 2.04. The van der Waals surface area contributed by atoms with Crippen LogP contribution in [0.4, 0.5) is 4.39 Å². The fourth-order valence-electron chi connectivity index (χ4n) is 3.07. The summed E-state index contributed by atoms with van der Waals surface area (Å²) in [6.45, 7) is 7.93. The van der Waals surface area contributed by atoms with Crippen LogP contribution in [0.15, 0.2) is 76.0 Å². The number of allylic oxidation sites excluding steroid dienone is 8. The first-order valence-corrected chi connectivity index (χ1v) is 9.31. The molecule has 0 saturated heterocycles. The van der Waals surface area contributed by atoms with E-state index >= 15 is 0 Å². The molecule has 0 fully saturated rings. The van der Waals surface area contributed by atoms with Crippen LogP contribution in [-0.4, -0.2) is 35.2 Å². The van der Waals surface area contributed by atoms with E-state index in [-0.39, 0.29) is 17.5 Å². The van der Waals surface area contributed by atoms with Crippen LogP contribution in [-0.2, 0) is 4.79 Å². The summed E-state index contributed by atoms with van der Waals surface area (Å²) in [5, 5.41) is 10.4. The van der Waals surface area contributed by atoms with E-state index in [1.807, 2.05) is 32.1 Å². The fourth-order valence-corrected chi connectivity index (χ4v) is 3.07. The number of aliphatic imine (C=N–C) groups is 1. The molecule has 1 unspecified atom stereocenters. The number of halogens is 1. The minimum absolute atomic E-state index is 0.0305. The molecule has 1 N–H and O–H groups in total. The van der Waals surface area contributed by atoms with Crippen molar-refractivity contribution in [3.8, 4) is 0 Å². The summed E-state index contributed by atoms with van der Waals surface area (Å²) in [5.74, 6) is -0.389. The van der Waals surface area contributed by atoms with Gasteiger partial charge < -0.3 is 10.0 Å². The van der Waals surface area contributed by atoms with E-state index in [0.29, 0.717) is 37.1 Å². The number of hydrogen-bond donors (Lipinski definition) is 1. The Hall–Kier alpha value is -2.69. The second-order valence-corrected chi connectivity index (χ2v) is 6.46. The van der Waals surface area contributed by atoms with Crippen molar-refractivity contribution in [3.05, 3.63) is 71.0 Å².